The van der Waals surface area contributed by atoms with Crippen molar-refractivity contribution < 1.29 is 14.3 Å². The number of halogens is 1. The van der Waals surface area contributed by atoms with Crippen LogP contribution in [0.25, 0.3) is 10.9 Å². The van der Waals surface area contributed by atoms with Gasteiger partial charge >= 0.3 is 0 Å². The Kier molecular flexibility index (Phi) is 6.95. The van der Waals surface area contributed by atoms with Gasteiger partial charge < -0.3 is 19.9 Å². The SMILES string of the molecule is CNCc1ccc2c(c1)c(C(=O)C(=O)Nc1ccnc(OC)c1)c(C)n2Cc1ccc(Cl)cc1. The number of hydrogen-bond acceptors (Lipinski definition) is 5. The molecule has 0 aliphatic carbocycles. The Morgan fingerprint density at radius 3 is 2.50 bits per heavy atom. The zero-order valence-electron chi connectivity index (χ0n) is 19.2. The van der Waals surface area contributed by atoms with Gasteiger partial charge in [-0.3, -0.25) is 9.59 Å². The molecule has 0 saturated heterocycles. The van der Waals surface area contributed by atoms with Crippen LogP contribution in [-0.4, -0.2) is 35.4 Å². The maximum absolute atomic E-state index is 13.4. The number of anilines is 1. The van der Waals surface area contributed by atoms with E-state index in [1.54, 1.807) is 12.1 Å². The Balaban J connectivity index is 1.75. The predicted molar refractivity (Wildman–Crippen MR) is 134 cm³/mol. The van der Waals surface area contributed by atoms with Crippen LogP contribution in [0.4, 0.5) is 5.69 Å². The molecule has 0 spiro atoms. The minimum atomic E-state index is -0.721. The molecule has 2 aromatic heterocycles. The summed E-state index contributed by atoms with van der Waals surface area (Å²) in [6.07, 6.45) is 1.51. The Labute approximate surface area is 202 Å². The van der Waals surface area contributed by atoms with Crippen LogP contribution in [0, 0.1) is 6.92 Å². The second-order valence-corrected chi connectivity index (χ2v) is 8.36. The summed E-state index contributed by atoms with van der Waals surface area (Å²) < 4.78 is 7.15. The van der Waals surface area contributed by atoms with E-state index in [4.69, 9.17) is 16.3 Å². The lowest BCUT2D eigenvalue weighted by Crippen LogP contribution is -2.23. The van der Waals surface area contributed by atoms with Crippen molar-refractivity contribution >= 4 is 39.9 Å². The number of hydrogen-bond donors (Lipinski definition) is 2. The minimum Gasteiger partial charge on any atom is -0.481 e. The molecule has 2 N–H and O–H groups in total. The van der Waals surface area contributed by atoms with E-state index in [-0.39, 0.29) is 0 Å². The van der Waals surface area contributed by atoms with Crippen LogP contribution in [0.15, 0.2) is 60.8 Å². The number of ether oxygens (including phenoxy) is 1. The largest absolute Gasteiger partial charge is 0.481 e. The summed E-state index contributed by atoms with van der Waals surface area (Å²) in [5, 5.41) is 7.20. The number of fused-ring (bicyclic) bond motifs is 1. The van der Waals surface area contributed by atoms with Gasteiger partial charge in [0, 0.05) is 52.7 Å². The van der Waals surface area contributed by atoms with E-state index < -0.39 is 11.7 Å². The fourth-order valence-electron chi connectivity index (χ4n) is 4.01. The molecule has 2 aromatic carbocycles. The van der Waals surface area contributed by atoms with E-state index in [2.05, 4.69) is 20.2 Å². The van der Waals surface area contributed by atoms with E-state index in [1.165, 1.54) is 13.3 Å². The van der Waals surface area contributed by atoms with Crippen LogP contribution in [-0.2, 0) is 17.9 Å². The molecule has 0 unspecified atom stereocenters. The summed E-state index contributed by atoms with van der Waals surface area (Å²) in [6, 6.07) is 16.7. The summed E-state index contributed by atoms with van der Waals surface area (Å²) in [5.74, 6) is -0.978. The molecule has 4 rings (SSSR count). The van der Waals surface area contributed by atoms with E-state index in [0.29, 0.717) is 35.2 Å². The number of nitrogens with one attached hydrogen (secondary N) is 2. The molecule has 2 heterocycles. The van der Waals surface area contributed by atoms with Gasteiger partial charge in [0.25, 0.3) is 11.7 Å². The number of pyridine rings is 1. The third-order valence-corrected chi connectivity index (χ3v) is 5.91. The molecule has 0 fully saturated rings. The maximum atomic E-state index is 13.4. The fraction of sp³-hybridized carbons (Fsp3) is 0.192. The quantitative estimate of drug-likeness (QED) is 0.287. The molecule has 0 radical (unpaired) electrons. The molecular weight excluding hydrogens is 452 g/mol. The summed E-state index contributed by atoms with van der Waals surface area (Å²) in [7, 11) is 3.35. The number of nitrogens with zero attached hydrogens (tertiary/aromatic N) is 2. The molecule has 8 heteroatoms. The molecule has 0 bridgehead atoms. The van der Waals surface area contributed by atoms with Gasteiger partial charge in [-0.05, 0) is 55.4 Å². The summed E-state index contributed by atoms with van der Waals surface area (Å²) in [4.78, 5) is 30.4. The summed E-state index contributed by atoms with van der Waals surface area (Å²) in [6.45, 7) is 3.05. The predicted octanol–water partition coefficient (Wildman–Crippen LogP) is 4.60. The highest BCUT2D eigenvalue weighted by Crippen LogP contribution is 2.29. The second kappa shape index (κ2) is 10.1. The van der Waals surface area contributed by atoms with E-state index in [9.17, 15) is 9.59 Å². The molecule has 4 aromatic rings. The van der Waals surface area contributed by atoms with Crippen LogP contribution in [0.5, 0.6) is 5.88 Å². The third kappa shape index (κ3) is 4.81. The Morgan fingerprint density at radius 1 is 1.06 bits per heavy atom. The first-order valence-corrected chi connectivity index (χ1v) is 11.2. The highest BCUT2D eigenvalue weighted by Gasteiger charge is 2.26. The van der Waals surface area contributed by atoms with Crippen LogP contribution in [0.3, 0.4) is 0 Å². The van der Waals surface area contributed by atoms with Gasteiger partial charge in [0.1, 0.15) is 0 Å². The van der Waals surface area contributed by atoms with Gasteiger partial charge in [-0.1, -0.05) is 29.8 Å². The lowest BCUT2D eigenvalue weighted by atomic mass is 10.0. The van der Waals surface area contributed by atoms with Crippen molar-refractivity contribution in [3.63, 3.8) is 0 Å². The van der Waals surface area contributed by atoms with Gasteiger partial charge in [0.05, 0.1) is 12.7 Å². The third-order valence-electron chi connectivity index (χ3n) is 5.66. The van der Waals surface area contributed by atoms with E-state index >= 15 is 0 Å². The molecule has 1 amide bonds. The number of rotatable bonds is 8. The summed E-state index contributed by atoms with van der Waals surface area (Å²) >= 11 is 6.04. The number of carbonyl (C=O) groups is 2. The van der Waals surface area contributed by atoms with Gasteiger partial charge in [0.2, 0.25) is 5.88 Å². The van der Waals surface area contributed by atoms with Crippen molar-refractivity contribution in [2.75, 3.05) is 19.5 Å². The van der Waals surface area contributed by atoms with Gasteiger partial charge in [-0.25, -0.2) is 4.98 Å². The number of methoxy groups -OCH3 is 1. The molecule has 0 atom stereocenters. The Hall–Kier alpha value is -3.68. The Bertz CT molecular complexity index is 1360. The standard InChI is InChI=1S/C26H25ClN4O3/c1-16-24(25(32)26(33)30-20-10-11-29-23(13-20)34-3)21-12-18(14-28-2)6-9-22(21)31(16)15-17-4-7-19(27)8-5-17/h4-13,28H,14-15H2,1-3H3,(H,29,30,33). The van der Waals surface area contributed by atoms with Crippen molar-refractivity contribution in [2.45, 2.75) is 20.0 Å². The van der Waals surface area contributed by atoms with Crippen LogP contribution >= 0.6 is 11.6 Å². The van der Waals surface area contributed by atoms with Crippen molar-refractivity contribution in [3.05, 3.63) is 88.2 Å². The number of carbonyl (C=O) groups excluding carboxylic acids is 2. The molecule has 34 heavy (non-hydrogen) atoms. The normalized spacial score (nSPS) is 10.9. The molecule has 7 nitrogen and oxygen atoms in total. The number of ketones is 1. The van der Waals surface area contributed by atoms with Crippen LogP contribution in [0.1, 0.15) is 27.2 Å². The topological polar surface area (TPSA) is 85.2 Å². The number of benzene rings is 2. The molecule has 0 aliphatic heterocycles. The molecule has 174 valence electrons. The zero-order chi connectivity index (χ0) is 24.2. The number of aromatic nitrogens is 2. The van der Waals surface area contributed by atoms with Gasteiger partial charge in [0.15, 0.2) is 0 Å². The lowest BCUT2D eigenvalue weighted by Gasteiger charge is -2.10. The van der Waals surface area contributed by atoms with Crippen molar-refractivity contribution in [1.82, 2.24) is 14.9 Å². The maximum Gasteiger partial charge on any atom is 0.296 e. The zero-order valence-corrected chi connectivity index (χ0v) is 19.9. The van der Waals surface area contributed by atoms with E-state index in [1.807, 2.05) is 56.4 Å². The highest BCUT2D eigenvalue weighted by atomic mass is 35.5. The van der Waals surface area contributed by atoms with Crippen LogP contribution < -0.4 is 15.4 Å². The first-order chi connectivity index (χ1) is 16.4. The molecular formula is C26H25ClN4O3. The minimum absolute atomic E-state index is 0.345. The first kappa shape index (κ1) is 23.5. The molecule has 0 saturated carbocycles. The first-order valence-electron chi connectivity index (χ1n) is 10.8. The molecule has 0 aliphatic rings. The fourth-order valence-corrected chi connectivity index (χ4v) is 4.13. The number of Topliss-reactive ketones (excluding diaryl/α,β-unsaturated/α-hetero) is 1. The van der Waals surface area contributed by atoms with Crippen LogP contribution in [0.2, 0.25) is 5.02 Å². The lowest BCUT2D eigenvalue weighted by molar-refractivity contribution is -0.112. The average Bonchev–Trinajstić information content (AvgIpc) is 3.10. The average molecular weight is 477 g/mol. The second-order valence-electron chi connectivity index (χ2n) is 7.92. The van der Waals surface area contributed by atoms with Crippen molar-refractivity contribution in [2.24, 2.45) is 0 Å². The summed E-state index contributed by atoms with van der Waals surface area (Å²) in [5.41, 5.74) is 4.49. The van der Waals surface area contributed by atoms with Crippen molar-refractivity contribution in [1.29, 1.82) is 0 Å². The van der Waals surface area contributed by atoms with Gasteiger partial charge in [-0.15, -0.1) is 0 Å². The number of amides is 1. The monoisotopic (exact) mass is 476 g/mol. The smallest absolute Gasteiger partial charge is 0.296 e. The Morgan fingerprint density at radius 2 is 1.79 bits per heavy atom. The highest BCUT2D eigenvalue weighted by molar-refractivity contribution is 6.48. The van der Waals surface area contributed by atoms with Crippen molar-refractivity contribution in [3.8, 4) is 5.88 Å². The van der Waals surface area contributed by atoms with Gasteiger partial charge in [-0.2, -0.15) is 0 Å². The van der Waals surface area contributed by atoms with E-state index in [0.717, 1.165) is 27.7 Å².